The molecule has 0 aromatic heterocycles. The fourth-order valence-electron chi connectivity index (χ4n) is 3.25. The lowest BCUT2D eigenvalue weighted by molar-refractivity contribution is -0.142. The number of rotatable bonds is 15. The first kappa shape index (κ1) is 24.2. The average molecular weight is 391 g/mol. The zero-order chi connectivity index (χ0) is 20.8. The molecular formula is C23H38N2O3. The van der Waals surface area contributed by atoms with Gasteiger partial charge in [-0.2, -0.15) is 0 Å². The van der Waals surface area contributed by atoms with Gasteiger partial charge in [0.05, 0.1) is 6.04 Å². The minimum atomic E-state index is -0.976. The van der Waals surface area contributed by atoms with Gasteiger partial charge in [-0.3, -0.25) is 4.79 Å². The number of hydrogen-bond acceptors (Lipinski definition) is 3. The van der Waals surface area contributed by atoms with E-state index in [1.807, 2.05) is 44.2 Å². The van der Waals surface area contributed by atoms with E-state index in [2.05, 4.69) is 17.6 Å². The van der Waals surface area contributed by atoms with Gasteiger partial charge in [0, 0.05) is 0 Å². The van der Waals surface area contributed by atoms with E-state index in [1.54, 1.807) is 0 Å². The molecule has 5 nitrogen and oxygen atoms in total. The van der Waals surface area contributed by atoms with Crippen molar-refractivity contribution in [1.29, 1.82) is 0 Å². The van der Waals surface area contributed by atoms with E-state index in [0.717, 1.165) is 24.9 Å². The van der Waals surface area contributed by atoms with E-state index >= 15 is 0 Å². The van der Waals surface area contributed by atoms with Crippen LogP contribution in [-0.2, 0) is 16.0 Å². The van der Waals surface area contributed by atoms with Gasteiger partial charge in [-0.15, -0.1) is 0 Å². The number of amides is 1. The quantitative estimate of drug-likeness (QED) is 0.393. The molecular weight excluding hydrogens is 352 g/mol. The predicted molar refractivity (Wildman–Crippen MR) is 114 cm³/mol. The maximum absolute atomic E-state index is 12.8. The van der Waals surface area contributed by atoms with Gasteiger partial charge in [0.25, 0.3) is 0 Å². The summed E-state index contributed by atoms with van der Waals surface area (Å²) in [4.78, 5) is 24.3. The van der Waals surface area contributed by atoms with Crippen LogP contribution in [0.4, 0.5) is 0 Å². The number of carboxylic acids is 1. The summed E-state index contributed by atoms with van der Waals surface area (Å²) in [6, 6.07) is 8.58. The van der Waals surface area contributed by atoms with Crippen LogP contribution in [0.3, 0.4) is 0 Å². The molecule has 3 N–H and O–H groups in total. The highest BCUT2D eigenvalue weighted by Crippen LogP contribution is 2.09. The van der Waals surface area contributed by atoms with Gasteiger partial charge in [-0.1, -0.05) is 83.2 Å². The summed E-state index contributed by atoms with van der Waals surface area (Å²) in [5, 5.41) is 15.5. The van der Waals surface area contributed by atoms with Gasteiger partial charge >= 0.3 is 5.97 Å². The highest BCUT2D eigenvalue weighted by Gasteiger charge is 2.25. The van der Waals surface area contributed by atoms with Crippen LogP contribution in [0, 0.1) is 5.92 Å². The molecule has 1 rings (SSSR count). The highest BCUT2D eigenvalue weighted by atomic mass is 16.4. The summed E-state index contributed by atoms with van der Waals surface area (Å²) >= 11 is 0. The van der Waals surface area contributed by atoms with Gasteiger partial charge < -0.3 is 15.7 Å². The Morgan fingerprint density at radius 1 is 0.964 bits per heavy atom. The fraction of sp³-hybridized carbons (Fsp3) is 0.652. The van der Waals surface area contributed by atoms with Gasteiger partial charge in [0.1, 0.15) is 6.04 Å². The number of aliphatic carboxylic acids is 1. The summed E-state index contributed by atoms with van der Waals surface area (Å²) in [7, 11) is 0. The topological polar surface area (TPSA) is 78.4 Å². The van der Waals surface area contributed by atoms with Crippen molar-refractivity contribution in [3.05, 3.63) is 35.9 Å². The molecule has 158 valence electrons. The Morgan fingerprint density at radius 3 is 2.21 bits per heavy atom. The monoisotopic (exact) mass is 390 g/mol. The molecule has 0 unspecified atom stereocenters. The van der Waals surface area contributed by atoms with E-state index in [9.17, 15) is 14.7 Å². The molecule has 0 aliphatic carbocycles. The van der Waals surface area contributed by atoms with E-state index in [4.69, 9.17) is 0 Å². The lowest BCUT2D eigenvalue weighted by Gasteiger charge is -2.22. The van der Waals surface area contributed by atoms with Crippen molar-refractivity contribution >= 4 is 11.9 Å². The molecule has 2 atom stereocenters. The molecule has 0 aliphatic rings. The number of nitrogens with one attached hydrogen (secondary N) is 2. The molecule has 1 aromatic rings. The zero-order valence-corrected chi connectivity index (χ0v) is 17.7. The number of carbonyl (C=O) groups is 2. The SMILES string of the molecule is CCCCCCCCN[C@@H](Cc1ccccc1)C(=O)N[C@@H](CC(C)C)C(=O)O. The Hall–Kier alpha value is -1.88. The Kier molecular flexibility index (Phi) is 12.2. The second-order valence-corrected chi connectivity index (χ2v) is 7.99. The normalized spacial score (nSPS) is 13.3. The number of carboxylic acid groups (broad SMARTS) is 1. The summed E-state index contributed by atoms with van der Waals surface area (Å²) in [6.45, 7) is 6.89. The molecule has 0 saturated heterocycles. The number of benzene rings is 1. The smallest absolute Gasteiger partial charge is 0.326 e. The van der Waals surface area contributed by atoms with E-state index in [-0.39, 0.29) is 11.8 Å². The second kappa shape index (κ2) is 14.2. The molecule has 1 aromatic carbocycles. The molecule has 0 aliphatic heterocycles. The van der Waals surface area contributed by atoms with Gasteiger partial charge in [0.2, 0.25) is 5.91 Å². The third-order valence-corrected chi connectivity index (χ3v) is 4.84. The van der Waals surface area contributed by atoms with Crippen molar-refractivity contribution < 1.29 is 14.7 Å². The highest BCUT2D eigenvalue weighted by molar-refractivity contribution is 5.87. The molecule has 0 radical (unpaired) electrons. The molecule has 5 heteroatoms. The molecule has 28 heavy (non-hydrogen) atoms. The largest absolute Gasteiger partial charge is 0.480 e. The third-order valence-electron chi connectivity index (χ3n) is 4.84. The Morgan fingerprint density at radius 2 is 1.61 bits per heavy atom. The summed E-state index contributed by atoms with van der Waals surface area (Å²) < 4.78 is 0. The standard InChI is InChI=1S/C23H38N2O3/c1-4-5-6-7-8-12-15-24-20(17-19-13-10-9-11-14-19)22(26)25-21(23(27)28)16-18(2)3/h9-11,13-14,18,20-21,24H,4-8,12,15-17H2,1-3H3,(H,25,26)(H,27,28)/t20-,21-/m0/s1. The van der Waals surface area contributed by atoms with Crippen molar-refractivity contribution in [2.45, 2.75) is 84.2 Å². The molecule has 0 heterocycles. The van der Waals surface area contributed by atoms with E-state index in [0.29, 0.717) is 12.8 Å². The lowest BCUT2D eigenvalue weighted by atomic mass is 10.0. The molecule has 0 bridgehead atoms. The number of carbonyl (C=O) groups excluding carboxylic acids is 1. The van der Waals surface area contributed by atoms with Crippen LogP contribution in [0.5, 0.6) is 0 Å². The van der Waals surface area contributed by atoms with Gasteiger partial charge in [0.15, 0.2) is 0 Å². The van der Waals surface area contributed by atoms with Crippen molar-refractivity contribution in [1.82, 2.24) is 10.6 Å². The maximum atomic E-state index is 12.8. The van der Waals surface area contributed by atoms with Crippen LogP contribution in [-0.4, -0.2) is 35.6 Å². The first-order valence-electron chi connectivity index (χ1n) is 10.7. The first-order valence-corrected chi connectivity index (χ1v) is 10.7. The number of hydrogen-bond donors (Lipinski definition) is 3. The van der Waals surface area contributed by atoms with Crippen molar-refractivity contribution in [2.75, 3.05) is 6.54 Å². The third kappa shape index (κ3) is 10.5. The predicted octanol–water partition coefficient (Wildman–Crippen LogP) is 4.16. The maximum Gasteiger partial charge on any atom is 0.326 e. The fourth-order valence-corrected chi connectivity index (χ4v) is 3.25. The molecule has 0 spiro atoms. The van der Waals surface area contributed by atoms with Crippen LogP contribution in [0.2, 0.25) is 0 Å². The Labute approximate surface area is 170 Å². The lowest BCUT2D eigenvalue weighted by Crippen LogP contribution is -2.51. The van der Waals surface area contributed by atoms with E-state index < -0.39 is 18.1 Å². The van der Waals surface area contributed by atoms with Crippen LogP contribution >= 0.6 is 0 Å². The molecule has 0 fully saturated rings. The Balaban J connectivity index is 2.62. The second-order valence-electron chi connectivity index (χ2n) is 7.99. The van der Waals surface area contributed by atoms with Gasteiger partial charge in [-0.25, -0.2) is 4.79 Å². The van der Waals surface area contributed by atoms with Crippen LogP contribution in [0.15, 0.2) is 30.3 Å². The van der Waals surface area contributed by atoms with E-state index in [1.165, 1.54) is 25.7 Å². The summed E-state index contributed by atoms with van der Waals surface area (Å²) in [6.07, 6.45) is 8.15. The van der Waals surface area contributed by atoms with Gasteiger partial charge in [-0.05, 0) is 37.3 Å². The van der Waals surface area contributed by atoms with Crippen LogP contribution in [0.1, 0.15) is 71.3 Å². The van der Waals surface area contributed by atoms with Crippen molar-refractivity contribution in [3.8, 4) is 0 Å². The van der Waals surface area contributed by atoms with Crippen LogP contribution in [0.25, 0.3) is 0 Å². The minimum absolute atomic E-state index is 0.199. The Bertz CT molecular complexity index is 560. The van der Waals surface area contributed by atoms with Crippen molar-refractivity contribution in [3.63, 3.8) is 0 Å². The zero-order valence-electron chi connectivity index (χ0n) is 17.7. The average Bonchev–Trinajstić information content (AvgIpc) is 2.66. The van der Waals surface area contributed by atoms with Crippen molar-refractivity contribution in [2.24, 2.45) is 5.92 Å². The summed E-state index contributed by atoms with van der Waals surface area (Å²) in [5.41, 5.74) is 1.06. The first-order chi connectivity index (χ1) is 13.4. The van der Waals surface area contributed by atoms with Crippen LogP contribution < -0.4 is 10.6 Å². The summed E-state index contributed by atoms with van der Waals surface area (Å²) in [5.74, 6) is -1.01. The number of unbranched alkanes of at least 4 members (excludes halogenated alkanes) is 5. The molecule has 1 amide bonds. The minimum Gasteiger partial charge on any atom is -0.480 e. The molecule has 0 saturated carbocycles.